The minimum atomic E-state index is 0.160. The van der Waals surface area contributed by atoms with Gasteiger partial charge >= 0.3 is 0 Å². The number of rotatable bonds is 5. The van der Waals surface area contributed by atoms with Crippen LogP contribution in [0.1, 0.15) is 52.5 Å². The molecule has 1 heterocycles. The van der Waals surface area contributed by atoms with Gasteiger partial charge in [-0.15, -0.1) is 5.10 Å². The maximum absolute atomic E-state index is 12.3. The third-order valence-corrected chi connectivity index (χ3v) is 5.05. The Balaban J connectivity index is 1.40. The molecule has 0 bridgehead atoms. The molecule has 1 fully saturated rings. The Bertz CT molecular complexity index is 691. The minimum Gasteiger partial charge on any atom is -0.293 e. The molecule has 0 aliphatic heterocycles. The van der Waals surface area contributed by atoms with Crippen molar-refractivity contribution < 1.29 is 4.79 Å². The average Bonchev–Trinajstić information content (AvgIpc) is 3.07. The highest BCUT2D eigenvalue weighted by atomic mass is 32.2. The molecule has 1 N–H and O–H groups in total. The molecular weight excluding hydrogens is 282 g/mol. The van der Waals surface area contributed by atoms with Crippen LogP contribution >= 0.6 is 11.8 Å². The van der Waals surface area contributed by atoms with Crippen molar-refractivity contribution >= 4 is 17.5 Å². The number of Topliss-reactive ketones (excluding diaryl/α,β-unsaturated/α-hetero) is 1. The summed E-state index contributed by atoms with van der Waals surface area (Å²) >= 11 is 1.42. The first-order chi connectivity index (χ1) is 10.3. The first kappa shape index (κ1) is 13.1. The lowest BCUT2D eigenvalue weighted by Gasteiger charge is -2.03. The third-order valence-electron chi connectivity index (χ3n) is 4.20. The standard InChI is InChI=1S/C16H17N3OS/c20-14(13-7-4-10-2-1-3-12(10)8-13)9-21-16-17-15(18-19-16)11-5-6-11/h4,7-8,11H,1-3,5-6,9H2,(H,17,18,19). The Hall–Kier alpha value is -1.62. The minimum absolute atomic E-state index is 0.160. The second-order valence-electron chi connectivity index (χ2n) is 5.83. The molecule has 4 rings (SSSR count). The summed E-state index contributed by atoms with van der Waals surface area (Å²) in [5.41, 5.74) is 3.57. The number of fused-ring (bicyclic) bond motifs is 1. The van der Waals surface area contributed by atoms with E-state index in [0.717, 1.165) is 24.2 Å². The van der Waals surface area contributed by atoms with Crippen LogP contribution in [0.25, 0.3) is 0 Å². The monoisotopic (exact) mass is 299 g/mol. The highest BCUT2D eigenvalue weighted by Crippen LogP contribution is 2.38. The molecule has 21 heavy (non-hydrogen) atoms. The lowest BCUT2D eigenvalue weighted by atomic mass is 10.0. The van der Waals surface area contributed by atoms with Gasteiger partial charge in [0.15, 0.2) is 5.78 Å². The summed E-state index contributed by atoms with van der Waals surface area (Å²) < 4.78 is 0. The molecule has 1 aromatic carbocycles. The summed E-state index contributed by atoms with van der Waals surface area (Å²) in [5, 5.41) is 7.83. The number of benzene rings is 1. The molecule has 2 aliphatic carbocycles. The molecule has 0 saturated heterocycles. The summed E-state index contributed by atoms with van der Waals surface area (Å²) in [6, 6.07) is 6.14. The van der Waals surface area contributed by atoms with Gasteiger partial charge in [0.1, 0.15) is 5.82 Å². The Morgan fingerprint density at radius 3 is 3.00 bits per heavy atom. The molecular formula is C16H17N3OS. The van der Waals surface area contributed by atoms with E-state index in [9.17, 15) is 4.79 Å². The summed E-state index contributed by atoms with van der Waals surface area (Å²) in [6.45, 7) is 0. The molecule has 5 heteroatoms. The van der Waals surface area contributed by atoms with Gasteiger partial charge in [-0.05, 0) is 49.3 Å². The van der Waals surface area contributed by atoms with Gasteiger partial charge in [0, 0.05) is 11.5 Å². The van der Waals surface area contributed by atoms with Crippen molar-refractivity contribution in [1.29, 1.82) is 0 Å². The van der Waals surface area contributed by atoms with E-state index >= 15 is 0 Å². The molecule has 2 aromatic rings. The average molecular weight is 299 g/mol. The molecule has 108 valence electrons. The van der Waals surface area contributed by atoms with Crippen molar-refractivity contribution in [1.82, 2.24) is 15.2 Å². The predicted molar refractivity (Wildman–Crippen MR) is 81.9 cm³/mol. The summed E-state index contributed by atoms with van der Waals surface area (Å²) in [5.74, 6) is 2.11. The smallest absolute Gasteiger partial charge is 0.208 e. The Morgan fingerprint density at radius 2 is 2.14 bits per heavy atom. The van der Waals surface area contributed by atoms with Crippen LogP contribution in [0.4, 0.5) is 0 Å². The van der Waals surface area contributed by atoms with Gasteiger partial charge in [-0.3, -0.25) is 9.89 Å². The number of nitrogens with zero attached hydrogens (tertiary/aromatic N) is 2. The highest BCUT2D eigenvalue weighted by Gasteiger charge is 2.27. The van der Waals surface area contributed by atoms with E-state index < -0.39 is 0 Å². The number of thioether (sulfide) groups is 1. The highest BCUT2D eigenvalue weighted by molar-refractivity contribution is 7.99. The fourth-order valence-corrected chi connectivity index (χ4v) is 3.52. The number of hydrogen-bond acceptors (Lipinski definition) is 4. The van der Waals surface area contributed by atoms with Crippen molar-refractivity contribution in [2.75, 3.05) is 5.75 Å². The van der Waals surface area contributed by atoms with Gasteiger partial charge in [-0.25, -0.2) is 4.98 Å². The number of H-pyrrole nitrogens is 1. The fourth-order valence-electron chi connectivity index (χ4n) is 2.82. The van der Waals surface area contributed by atoms with Crippen LogP contribution in [0.3, 0.4) is 0 Å². The molecule has 2 aliphatic rings. The van der Waals surface area contributed by atoms with Crippen LogP contribution in [0.2, 0.25) is 0 Å². The predicted octanol–water partition coefficient (Wildman–Crippen LogP) is 3.15. The molecule has 0 amide bonds. The lowest BCUT2D eigenvalue weighted by Crippen LogP contribution is -2.03. The maximum Gasteiger partial charge on any atom is 0.208 e. The molecule has 1 saturated carbocycles. The van der Waals surface area contributed by atoms with E-state index in [2.05, 4.69) is 27.3 Å². The Kier molecular flexibility index (Phi) is 3.30. The summed E-state index contributed by atoms with van der Waals surface area (Å²) in [4.78, 5) is 16.7. The van der Waals surface area contributed by atoms with Gasteiger partial charge in [-0.1, -0.05) is 23.9 Å². The van der Waals surface area contributed by atoms with Crippen LogP contribution < -0.4 is 0 Å². The van der Waals surface area contributed by atoms with E-state index in [1.54, 1.807) is 0 Å². The van der Waals surface area contributed by atoms with Gasteiger partial charge in [0.05, 0.1) is 5.75 Å². The van der Waals surface area contributed by atoms with Crippen molar-refractivity contribution in [3.05, 3.63) is 40.7 Å². The third kappa shape index (κ3) is 2.75. The zero-order valence-corrected chi connectivity index (χ0v) is 12.6. The first-order valence-electron chi connectivity index (χ1n) is 7.50. The van der Waals surface area contributed by atoms with Crippen LogP contribution in [0.15, 0.2) is 23.4 Å². The zero-order valence-electron chi connectivity index (χ0n) is 11.8. The topological polar surface area (TPSA) is 58.6 Å². The van der Waals surface area contributed by atoms with Gasteiger partial charge < -0.3 is 0 Å². The van der Waals surface area contributed by atoms with Crippen molar-refractivity contribution in [2.45, 2.75) is 43.2 Å². The van der Waals surface area contributed by atoms with Crippen molar-refractivity contribution in [2.24, 2.45) is 0 Å². The molecule has 0 atom stereocenters. The van der Waals surface area contributed by atoms with Crippen molar-refractivity contribution in [3.63, 3.8) is 0 Å². The molecule has 4 nitrogen and oxygen atoms in total. The normalized spacial score (nSPS) is 17.0. The van der Waals surface area contributed by atoms with Gasteiger partial charge in [0.2, 0.25) is 5.16 Å². The number of hydrogen-bond donors (Lipinski definition) is 1. The van der Waals surface area contributed by atoms with E-state index in [1.165, 1.54) is 42.2 Å². The maximum atomic E-state index is 12.3. The van der Waals surface area contributed by atoms with Crippen LogP contribution in [-0.4, -0.2) is 26.7 Å². The van der Waals surface area contributed by atoms with Gasteiger partial charge in [0.25, 0.3) is 0 Å². The number of carbonyl (C=O) groups is 1. The number of ketones is 1. The Morgan fingerprint density at radius 1 is 1.29 bits per heavy atom. The second kappa shape index (κ2) is 5.30. The summed E-state index contributed by atoms with van der Waals surface area (Å²) in [7, 11) is 0. The van der Waals surface area contributed by atoms with Crippen LogP contribution in [0, 0.1) is 0 Å². The van der Waals surface area contributed by atoms with E-state index in [0.29, 0.717) is 16.8 Å². The van der Waals surface area contributed by atoms with E-state index in [-0.39, 0.29) is 5.78 Å². The summed E-state index contributed by atoms with van der Waals surface area (Å²) in [6.07, 6.45) is 5.87. The molecule has 1 aromatic heterocycles. The number of aromatic nitrogens is 3. The Labute approximate surface area is 127 Å². The number of nitrogens with one attached hydrogen (secondary N) is 1. The molecule has 0 radical (unpaired) electrons. The van der Waals surface area contributed by atoms with E-state index in [1.807, 2.05) is 6.07 Å². The molecule has 0 unspecified atom stereocenters. The number of aryl methyl sites for hydroxylation is 2. The fraction of sp³-hybridized carbons (Fsp3) is 0.438. The van der Waals surface area contributed by atoms with E-state index in [4.69, 9.17) is 0 Å². The number of carbonyl (C=O) groups excluding carboxylic acids is 1. The largest absolute Gasteiger partial charge is 0.293 e. The zero-order chi connectivity index (χ0) is 14.2. The lowest BCUT2D eigenvalue weighted by molar-refractivity contribution is 0.102. The van der Waals surface area contributed by atoms with Crippen LogP contribution in [0.5, 0.6) is 0 Å². The van der Waals surface area contributed by atoms with Crippen LogP contribution in [-0.2, 0) is 12.8 Å². The SMILES string of the molecule is O=C(CSc1n[nH]c(C2CC2)n1)c1ccc2c(c1)CCC2. The first-order valence-corrected chi connectivity index (χ1v) is 8.48. The second-order valence-corrected chi connectivity index (χ2v) is 6.77. The molecule has 0 spiro atoms. The van der Waals surface area contributed by atoms with Crippen molar-refractivity contribution in [3.8, 4) is 0 Å². The van der Waals surface area contributed by atoms with Gasteiger partial charge in [-0.2, -0.15) is 0 Å². The number of aromatic amines is 1. The quantitative estimate of drug-likeness (QED) is 0.680.